The molecule has 0 fully saturated rings. The second kappa shape index (κ2) is 6.78. The summed E-state index contributed by atoms with van der Waals surface area (Å²) in [5.74, 6) is 0.357. The molecule has 1 rings (SSSR count). The van der Waals surface area contributed by atoms with Crippen LogP contribution in [0.4, 0.5) is 5.82 Å². The van der Waals surface area contributed by atoms with Gasteiger partial charge in [-0.25, -0.2) is 9.97 Å². The van der Waals surface area contributed by atoms with Crippen molar-refractivity contribution in [1.29, 1.82) is 10.5 Å². The largest absolute Gasteiger partial charge is 0.365 e. The van der Waals surface area contributed by atoms with E-state index in [0.29, 0.717) is 5.82 Å². The average Bonchev–Trinajstić information content (AvgIpc) is 2.38. The third-order valence-corrected chi connectivity index (χ3v) is 2.70. The molecule has 0 aromatic carbocycles. The van der Waals surface area contributed by atoms with E-state index in [-0.39, 0.29) is 22.6 Å². The molecule has 1 heterocycles. The van der Waals surface area contributed by atoms with E-state index in [1.54, 1.807) is 6.07 Å². The molecule has 0 radical (unpaired) electrons. The Labute approximate surface area is 111 Å². The molecule has 1 aromatic rings. The summed E-state index contributed by atoms with van der Waals surface area (Å²) in [5, 5.41) is 20.9. The third-order valence-electron chi connectivity index (χ3n) is 2.44. The van der Waals surface area contributed by atoms with Crippen LogP contribution in [-0.2, 0) is 0 Å². The van der Waals surface area contributed by atoms with Gasteiger partial charge in [0.15, 0.2) is 22.4 Å². The van der Waals surface area contributed by atoms with Crippen LogP contribution in [-0.4, -0.2) is 16.0 Å². The predicted octanol–water partition coefficient (Wildman–Crippen LogP) is 2.86. The number of hydrogen-bond acceptors (Lipinski definition) is 5. The Balaban J connectivity index is 2.91. The number of rotatable bonds is 5. The second-order valence-electron chi connectivity index (χ2n) is 3.97. The first-order valence-corrected chi connectivity index (χ1v) is 6.14. The molecule has 6 heteroatoms. The average molecular weight is 264 g/mol. The molecule has 18 heavy (non-hydrogen) atoms. The number of aromatic nitrogens is 2. The maximum Gasteiger partial charge on any atom is 0.179 e. The summed E-state index contributed by atoms with van der Waals surface area (Å²) < 4.78 is 0. The van der Waals surface area contributed by atoms with E-state index in [0.717, 1.165) is 19.3 Å². The molecule has 0 aliphatic carbocycles. The zero-order chi connectivity index (χ0) is 13.5. The van der Waals surface area contributed by atoms with Gasteiger partial charge in [-0.3, -0.25) is 0 Å². The molecule has 0 aliphatic heterocycles. The van der Waals surface area contributed by atoms with Crippen LogP contribution in [0.15, 0.2) is 0 Å². The molecule has 1 unspecified atom stereocenters. The minimum absolute atomic E-state index is 0.00732. The van der Waals surface area contributed by atoms with Crippen LogP contribution in [0, 0.1) is 22.7 Å². The Bertz CT molecular complexity index is 500. The summed E-state index contributed by atoms with van der Waals surface area (Å²) in [4.78, 5) is 7.87. The third kappa shape index (κ3) is 3.58. The van der Waals surface area contributed by atoms with Crippen LogP contribution in [0.3, 0.4) is 0 Å². The van der Waals surface area contributed by atoms with Crippen molar-refractivity contribution >= 4 is 17.4 Å². The molecule has 0 bridgehead atoms. The van der Waals surface area contributed by atoms with E-state index in [2.05, 4.69) is 22.2 Å². The summed E-state index contributed by atoms with van der Waals surface area (Å²) >= 11 is 5.92. The lowest BCUT2D eigenvalue weighted by atomic mass is 10.1. The van der Waals surface area contributed by atoms with Gasteiger partial charge in [0.2, 0.25) is 0 Å². The number of nitrogens with one attached hydrogen (secondary N) is 1. The number of halogens is 1. The van der Waals surface area contributed by atoms with Crippen LogP contribution < -0.4 is 5.32 Å². The summed E-state index contributed by atoms with van der Waals surface area (Å²) in [6.45, 7) is 4.13. The molecule has 0 saturated carbocycles. The Morgan fingerprint density at radius 1 is 1.28 bits per heavy atom. The van der Waals surface area contributed by atoms with Gasteiger partial charge >= 0.3 is 0 Å². The van der Waals surface area contributed by atoms with Crippen molar-refractivity contribution in [3.8, 4) is 12.1 Å². The molecule has 0 saturated heterocycles. The Morgan fingerprint density at radius 3 is 2.44 bits per heavy atom. The monoisotopic (exact) mass is 263 g/mol. The molecule has 0 amide bonds. The van der Waals surface area contributed by atoms with Crippen LogP contribution >= 0.6 is 11.6 Å². The summed E-state index contributed by atoms with van der Waals surface area (Å²) in [7, 11) is 0. The molecule has 1 N–H and O–H groups in total. The van der Waals surface area contributed by atoms with Crippen molar-refractivity contribution in [2.75, 3.05) is 5.32 Å². The standard InChI is InChI=1S/C12H14ClN5/c1-3-4-5-8(2)16-12-11(13)17-9(6-14)10(7-15)18-12/h8H,3-5H2,1-2H3,(H,16,18). The lowest BCUT2D eigenvalue weighted by molar-refractivity contribution is 0.643. The van der Waals surface area contributed by atoms with Gasteiger partial charge in [0.25, 0.3) is 0 Å². The fraction of sp³-hybridized carbons (Fsp3) is 0.500. The molecule has 94 valence electrons. The van der Waals surface area contributed by atoms with Gasteiger partial charge in [-0.2, -0.15) is 10.5 Å². The van der Waals surface area contributed by atoms with E-state index < -0.39 is 0 Å². The Kier molecular flexibility index (Phi) is 5.35. The van der Waals surface area contributed by atoms with E-state index in [1.807, 2.05) is 13.0 Å². The van der Waals surface area contributed by atoms with Crippen molar-refractivity contribution in [2.45, 2.75) is 39.2 Å². The normalized spacial score (nSPS) is 11.4. The second-order valence-corrected chi connectivity index (χ2v) is 4.33. The van der Waals surface area contributed by atoms with E-state index in [4.69, 9.17) is 22.1 Å². The number of hydrogen-bond donors (Lipinski definition) is 1. The van der Waals surface area contributed by atoms with Crippen molar-refractivity contribution in [2.24, 2.45) is 0 Å². The molecular weight excluding hydrogens is 250 g/mol. The summed E-state index contributed by atoms with van der Waals surface area (Å²) in [5.41, 5.74) is -0.0543. The topological polar surface area (TPSA) is 85.4 Å². The predicted molar refractivity (Wildman–Crippen MR) is 69.1 cm³/mol. The molecule has 1 atom stereocenters. The summed E-state index contributed by atoms with van der Waals surface area (Å²) in [6, 6.07) is 3.82. The number of nitriles is 2. The van der Waals surface area contributed by atoms with Crippen molar-refractivity contribution in [1.82, 2.24) is 9.97 Å². The molecule has 1 aromatic heterocycles. The lowest BCUT2D eigenvalue weighted by Crippen LogP contribution is -2.17. The first kappa shape index (κ1) is 14.2. The Hall–Kier alpha value is -1.85. The minimum atomic E-state index is -0.0470. The Morgan fingerprint density at radius 2 is 1.89 bits per heavy atom. The van der Waals surface area contributed by atoms with E-state index in [1.165, 1.54) is 0 Å². The van der Waals surface area contributed by atoms with E-state index >= 15 is 0 Å². The van der Waals surface area contributed by atoms with Gasteiger partial charge < -0.3 is 5.32 Å². The van der Waals surface area contributed by atoms with Gasteiger partial charge in [-0.05, 0) is 13.3 Å². The molecule has 0 spiro atoms. The quantitative estimate of drug-likeness (QED) is 0.883. The highest BCUT2D eigenvalue weighted by atomic mass is 35.5. The highest BCUT2D eigenvalue weighted by molar-refractivity contribution is 6.31. The van der Waals surface area contributed by atoms with Crippen molar-refractivity contribution in [3.63, 3.8) is 0 Å². The fourth-order valence-electron chi connectivity index (χ4n) is 1.48. The minimum Gasteiger partial charge on any atom is -0.365 e. The maximum absolute atomic E-state index is 8.87. The lowest BCUT2D eigenvalue weighted by Gasteiger charge is -2.14. The number of nitrogens with zero attached hydrogens (tertiary/aromatic N) is 4. The first-order chi connectivity index (χ1) is 8.62. The van der Waals surface area contributed by atoms with E-state index in [9.17, 15) is 0 Å². The molecule has 0 aliphatic rings. The van der Waals surface area contributed by atoms with Gasteiger partial charge in [0, 0.05) is 6.04 Å². The van der Waals surface area contributed by atoms with Gasteiger partial charge in [-0.15, -0.1) is 0 Å². The maximum atomic E-state index is 8.87. The van der Waals surface area contributed by atoms with Gasteiger partial charge in [0.1, 0.15) is 12.1 Å². The van der Waals surface area contributed by atoms with Crippen LogP contribution in [0.1, 0.15) is 44.5 Å². The molecule has 5 nitrogen and oxygen atoms in total. The van der Waals surface area contributed by atoms with Crippen LogP contribution in [0.2, 0.25) is 5.15 Å². The highest BCUT2D eigenvalue weighted by Gasteiger charge is 2.13. The number of anilines is 1. The first-order valence-electron chi connectivity index (χ1n) is 5.76. The van der Waals surface area contributed by atoms with Crippen molar-refractivity contribution < 1.29 is 0 Å². The van der Waals surface area contributed by atoms with Crippen LogP contribution in [0.5, 0.6) is 0 Å². The van der Waals surface area contributed by atoms with Gasteiger partial charge in [-0.1, -0.05) is 31.4 Å². The smallest absolute Gasteiger partial charge is 0.179 e. The number of unbranched alkanes of at least 4 members (excludes halogenated alkanes) is 1. The van der Waals surface area contributed by atoms with Gasteiger partial charge in [0.05, 0.1) is 0 Å². The highest BCUT2D eigenvalue weighted by Crippen LogP contribution is 2.20. The zero-order valence-electron chi connectivity index (χ0n) is 10.4. The zero-order valence-corrected chi connectivity index (χ0v) is 11.1. The fourth-order valence-corrected chi connectivity index (χ4v) is 1.66. The molecular formula is C12H14ClN5. The summed E-state index contributed by atoms with van der Waals surface area (Å²) in [6.07, 6.45) is 3.19. The van der Waals surface area contributed by atoms with Crippen molar-refractivity contribution in [3.05, 3.63) is 16.5 Å². The SMILES string of the molecule is CCCCC(C)Nc1nc(C#N)c(C#N)nc1Cl. The van der Waals surface area contributed by atoms with Crippen LogP contribution in [0.25, 0.3) is 0 Å².